The van der Waals surface area contributed by atoms with Gasteiger partial charge >= 0.3 is 0 Å². The van der Waals surface area contributed by atoms with E-state index in [-0.39, 0.29) is 12.1 Å². The second-order valence-corrected chi connectivity index (χ2v) is 6.39. The molecule has 5 nitrogen and oxygen atoms in total. The molecule has 0 amide bonds. The van der Waals surface area contributed by atoms with Gasteiger partial charge in [0.1, 0.15) is 6.04 Å². The van der Waals surface area contributed by atoms with E-state index in [0.29, 0.717) is 16.7 Å². The van der Waals surface area contributed by atoms with Crippen LogP contribution in [0.1, 0.15) is 35.5 Å². The molecule has 0 spiro atoms. The smallest absolute Gasteiger partial charge is 0.245 e. The third-order valence-corrected chi connectivity index (χ3v) is 4.52. The van der Waals surface area contributed by atoms with Gasteiger partial charge in [-0.05, 0) is 36.6 Å². The normalized spacial score (nSPS) is 20.4. The van der Waals surface area contributed by atoms with Gasteiger partial charge in [-0.15, -0.1) is 0 Å². The van der Waals surface area contributed by atoms with Crippen molar-refractivity contribution >= 4 is 11.6 Å². The van der Waals surface area contributed by atoms with Crippen LogP contribution in [0.4, 0.5) is 0 Å². The Morgan fingerprint density at radius 2 is 1.92 bits per heavy atom. The monoisotopic (exact) mass is 340 g/mol. The van der Waals surface area contributed by atoms with E-state index in [4.69, 9.17) is 16.1 Å². The topological polar surface area (TPSA) is 63.0 Å². The van der Waals surface area contributed by atoms with E-state index in [1.165, 1.54) is 11.1 Å². The Kier molecular flexibility index (Phi) is 4.06. The average Bonchev–Trinajstić information content (AvgIpc) is 3.25. The van der Waals surface area contributed by atoms with Crippen molar-refractivity contribution in [1.82, 2.24) is 21.0 Å². The molecule has 122 valence electrons. The summed E-state index contributed by atoms with van der Waals surface area (Å²) < 4.78 is 5.45. The van der Waals surface area contributed by atoms with Crippen molar-refractivity contribution in [2.24, 2.45) is 0 Å². The Morgan fingerprint density at radius 1 is 1.08 bits per heavy atom. The van der Waals surface area contributed by atoms with Gasteiger partial charge < -0.3 is 4.52 Å². The number of nitrogens with zero attached hydrogens (tertiary/aromatic N) is 2. The highest BCUT2D eigenvalue weighted by atomic mass is 35.5. The summed E-state index contributed by atoms with van der Waals surface area (Å²) in [5.74, 6) is 1.13. The summed E-state index contributed by atoms with van der Waals surface area (Å²) in [6.45, 7) is 2.12. The molecule has 1 aliphatic rings. The van der Waals surface area contributed by atoms with Gasteiger partial charge in [-0.2, -0.15) is 4.98 Å². The van der Waals surface area contributed by atoms with E-state index < -0.39 is 0 Å². The van der Waals surface area contributed by atoms with Crippen LogP contribution in [0.2, 0.25) is 5.02 Å². The van der Waals surface area contributed by atoms with Gasteiger partial charge in [0, 0.05) is 16.6 Å². The number of hydrogen-bond acceptors (Lipinski definition) is 5. The van der Waals surface area contributed by atoms with Crippen molar-refractivity contribution in [1.29, 1.82) is 0 Å². The minimum absolute atomic E-state index is 0.0185. The highest BCUT2D eigenvalue weighted by Gasteiger charge is 2.30. The van der Waals surface area contributed by atoms with Crippen LogP contribution in [0, 0.1) is 6.92 Å². The van der Waals surface area contributed by atoms with Gasteiger partial charge in [0.2, 0.25) is 11.7 Å². The Bertz CT molecular complexity index is 863. The fourth-order valence-corrected chi connectivity index (χ4v) is 3.21. The van der Waals surface area contributed by atoms with Crippen LogP contribution in [-0.4, -0.2) is 10.1 Å². The molecule has 0 saturated carbocycles. The number of hydrazine groups is 1. The molecule has 4 rings (SSSR count). The number of rotatable bonds is 3. The molecule has 6 heteroatoms. The number of hydrogen-bond donors (Lipinski definition) is 2. The number of benzene rings is 2. The predicted octanol–water partition coefficient (Wildman–Crippen LogP) is 3.98. The molecule has 2 N–H and O–H groups in total. The molecule has 1 aliphatic heterocycles. The van der Waals surface area contributed by atoms with Crippen molar-refractivity contribution in [2.75, 3.05) is 0 Å². The van der Waals surface area contributed by atoms with Crippen molar-refractivity contribution in [3.05, 3.63) is 70.6 Å². The lowest BCUT2D eigenvalue weighted by Gasteiger charge is -2.12. The molecule has 1 fully saturated rings. The minimum Gasteiger partial charge on any atom is -0.337 e. The highest BCUT2D eigenvalue weighted by molar-refractivity contribution is 6.30. The van der Waals surface area contributed by atoms with Crippen LogP contribution < -0.4 is 10.9 Å². The maximum Gasteiger partial charge on any atom is 0.245 e. The molecule has 0 bridgehead atoms. The first-order valence-electron chi connectivity index (χ1n) is 7.87. The lowest BCUT2D eigenvalue weighted by molar-refractivity contribution is 0.340. The third kappa shape index (κ3) is 2.94. The first-order valence-corrected chi connectivity index (χ1v) is 8.24. The Morgan fingerprint density at radius 3 is 2.75 bits per heavy atom. The van der Waals surface area contributed by atoms with Gasteiger partial charge in [0.05, 0.1) is 0 Å². The summed E-state index contributed by atoms with van der Waals surface area (Å²) in [6.07, 6.45) is 0.849. The van der Waals surface area contributed by atoms with E-state index >= 15 is 0 Å². The van der Waals surface area contributed by atoms with Crippen molar-refractivity contribution < 1.29 is 4.52 Å². The summed E-state index contributed by atoms with van der Waals surface area (Å²) in [5.41, 5.74) is 9.97. The molecular weight excluding hydrogens is 324 g/mol. The fraction of sp³-hybridized carbons (Fsp3) is 0.222. The van der Waals surface area contributed by atoms with Crippen LogP contribution in [0.25, 0.3) is 11.4 Å². The molecule has 2 aromatic carbocycles. The fourth-order valence-electron chi connectivity index (χ4n) is 3.02. The summed E-state index contributed by atoms with van der Waals surface area (Å²) in [5, 5.41) is 4.73. The molecule has 1 aromatic heterocycles. The van der Waals surface area contributed by atoms with Crippen LogP contribution in [-0.2, 0) is 0 Å². The van der Waals surface area contributed by atoms with Crippen LogP contribution in [0.5, 0.6) is 0 Å². The summed E-state index contributed by atoms with van der Waals surface area (Å²) in [6, 6.07) is 16.0. The molecule has 0 radical (unpaired) electrons. The number of aromatic nitrogens is 2. The zero-order chi connectivity index (χ0) is 16.5. The minimum atomic E-state index is -0.0185. The van der Waals surface area contributed by atoms with Crippen molar-refractivity contribution in [3.63, 3.8) is 0 Å². The molecule has 1 saturated heterocycles. The lowest BCUT2D eigenvalue weighted by Crippen LogP contribution is -2.27. The molecule has 2 unspecified atom stereocenters. The van der Waals surface area contributed by atoms with E-state index in [2.05, 4.69) is 46.1 Å². The summed E-state index contributed by atoms with van der Waals surface area (Å²) in [7, 11) is 0. The maximum atomic E-state index is 6.02. The predicted molar refractivity (Wildman–Crippen MR) is 92.3 cm³/mol. The zero-order valence-corrected chi connectivity index (χ0v) is 13.9. The van der Waals surface area contributed by atoms with Gasteiger partial charge in [-0.25, -0.2) is 10.9 Å². The molecule has 0 aliphatic carbocycles. The number of aryl methyl sites for hydroxylation is 1. The Hall–Kier alpha value is -2.21. The van der Waals surface area contributed by atoms with E-state index in [1.54, 1.807) is 0 Å². The first kappa shape index (κ1) is 15.3. The van der Waals surface area contributed by atoms with E-state index in [9.17, 15) is 0 Å². The second-order valence-electron chi connectivity index (χ2n) is 5.95. The summed E-state index contributed by atoms with van der Waals surface area (Å²) >= 11 is 6.02. The number of halogens is 1. The average molecular weight is 341 g/mol. The zero-order valence-electron chi connectivity index (χ0n) is 13.2. The quantitative estimate of drug-likeness (QED) is 0.755. The maximum absolute atomic E-state index is 6.02. The highest BCUT2D eigenvalue weighted by Crippen LogP contribution is 2.32. The standard InChI is InChI=1S/C18H17ClN4O/c1-11-5-2-3-8-14(11)15-10-16(22-21-15)18-20-17(23-24-18)12-6-4-7-13(19)9-12/h2-9,15-16,21-22H,10H2,1H3. The van der Waals surface area contributed by atoms with Gasteiger partial charge in [-0.3, -0.25) is 0 Å². The van der Waals surface area contributed by atoms with Crippen molar-refractivity contribution in [2.45, 2.75) is 25.4 Å². The lowest BCUT2D eigenvalue weighted by atomic mass is 9.98. The molecular formula is C18H17ClN4O. The third-order valence-electron chi connectivity index (χ3n) is 4.29. The SMILES string of the molecule is Cc1ccccc1C1CC(c2nc(-c3cccc(Cl)c3)no2)NN1. The van der Waals surface area contributed by atoms with Gasteiger partial charge in [0.25, 0.3) is 0 Å². The van der Waals surface area contributed by atoms with Gasteiger partial charge in [0.15, 0.2) is 0 Å². The van der Waals surface area contributed by atoms with Crippen LogP contribution >= 0.6 is 11.6 Å². The molecule has 2 atom stereocenters. The number of nitrogens with one attached hydrogen (secondary N) is 2. The van der Waals surface area contributed by atoms with Gasteiger partial charge in [-0.1, -0.05) is 53.2 Å². The molecule has 3 aromatic rings. The first-order chi connectivity index (χ1) is 11.7. The van der Waals surface area contributed by atoms with Crippen molar-refractivity contribution in [3.8, 4) is 11.4 Å². The molecule has 2 heterocycles. The Labute approximate surface area is 145 Å². The summed E-state index contributed by atoms with van der Waals surface area (Å²) in [4.78, 5) is 4.52. The Balaban J connectivity index is 1.53. The van der Waals surface area contributed by atoms with Crippen LogP contribution in [0.3, 0.4) is 0 Å². The largest absolute Gasteiger partial charge is 0.337 e. The van der Waals surface area contributed by atoms with E-state index in [0.717, 1.165) is 12.0 Å². The van der Waals surface area contributed by atoms with E-state index in [1.807, 2.05) is 30.3 Å². The second kappa shape index (κ2) is 6.36. The molecule has 24 heavy (non-hydrogen) atoms. The van der Waals surface area contributed by atoms with Crippen LogP contribution in [0.15, 0.2) is 53.1 Å².